The fraction of sp³-hybridized carbons (Fsp3) is 0.706. The van der Waals surface area contributed by atoms with Gasteiger partial charge in [-0.1, -0.05) is 12.8 Å². The highest BCUT2D eigenvalue weighted by Crippen LogP contribution is 2.38. The lowest BCUT2D eigenvalue weighted by Crippen LogP contribution is -2.37. The Morgan fingerprint density at radius 2 is 2.08 bits per heavy atom. The minimum absolute atomic E-state index is 0.0427. The molecule has 1 amide bonds. The first-order valence-electron chi connectivity index (χ1n) is 8.52. The molecule has 2 heterocycles. The van der Waals surface area contributed by atoms with E-state index in [2.05, 4.69) is 4.98 Å². The van der Waals surface area contributed by atoms with Crippen molar-refractivity contribution in [2.45, 2.75) is 63.5 Å². The topological polar surface area (TPSA) is 79.7 Å². The lowest BCUT2D eigenvalue weighted by Gasteiger charge is -2.22. The molecule has 3 rings (SSSR count). The number of aromatic nitrogens is 1. The summed E-state index contributed by atoms with van der Waals surface area (Å²) in [6, 6.07) is -0.309. The molecule has 1 aromatic heterocycles. The van der Waals surface area contributed by atoms with E-state index in [1.807, 2.05) is 6.92 Å². The molecular weight excluding hydrogens is 328 g/mol. The van der Waals surface area contributed by atoms with E-state index in [1.165, 1.54) is 24.2 Å². The van der Waals surface area contributed by atoms with Crippen LogP contribution in [0.1, 0.15) is 64.8 Å². The van der Waals surface area contributed by atoms with Gasteiger partial charge in [-0.05, 0) is 26.2 Å². The molecule has 2 atom stereocenters. The first kappa shape index (κ1) is 17.4. The summed E-state index contributed by atoms with van der Waals surface area (Å²) < 4.78 is 5.36. The second-order valence-corrected chi connectivity index (χ2v) is 7.78. The van der Waals surface area contributed by atoms with Gasteiger partial charge in [-0.25, -0.2) is 4.98 Å². The molecule has 1 aromatic rings. The average molecular weight is 352 g/mol. The fourth-order valence-corrected chi connectivity index (χ4v) is 4.97. The number of hydrogen-bond donors (Lipinski definition) is 1. The fourth-order valence-electron chi connectivity index (χ4n) is 3.78. The molecule has 2 unspecified atom stereocenters. The quantitative estimate of drug-likeness (QED) is 0.881. The van der Waals surface area contributed by atoms with Gasteiger partial charge in [-0.2, -0.15) is 0 Å². The van der Waals surface area contributed by atoms with Crippen LogP contribution in [0, 0.1) is 6.92 Å². The van der Waals surface area contributed by atoms with E-state index < -0.39 is 5.97 Å². The molecule has 2 fully saturated rings. The maximum atomic E-state index is 13.0. The molecule has 0 aromatic carbocycles. The molecule has 1 N–H and O–H groups in total. The number of methoxy groups -OCH3 is 1. The van der Waals surface area contributed by atoms with E-state index in [1.54, 1.807) is 12.0 Å². The zero-order valence-corrected chi connectivity index (χ0v) is 15.0. The number of carboxylic acids is 1. The zero-order valence-electron chi connectivity index (χ0n) is 14.2. The van der Waals surface area contributed by atoms with Crippen LogP contribution in [0.25, 0.3) is 0 Å². The van der Waals surface area contributed by atoms with Crippen LogP contribution in [0.15, 0.2) is 0 Å². The molecule has 1 saturated carbocycles. The second-order valence-electron chi connectivity index (χ2n) is 6.75. The Morgan fingerprint density at radius 1 is 1.38 bits per heavy atom. The van der Waals surface area contributed by atoms with E-state index in [0.29, 0.717) is 23.8 Å². The van der Waals surface area contributed by atoms with E-state index >= 15 is 0 Å². The zero-order chi connectivity index (χ0) is 17.3. The van der Waals surface area contributed by atoms with E-state index in [0.717, 1.165) is 23.5 Å². The van der Waals surface area contributed by atoms with Gasteiger partial charge in [0.05, 0.1) is 23.2 Å². The van der Waals surface area contributed by atoms with Gasteiger partial charge in [-0.3, -0.25) is 9.59 Å². The number of aryl methyl sites for hydroxylation is 1. The van der Waals surface area contributed by atoms with Crippen LogP contribution in [0.2, 0.25) is 0 Å². The Kier molecular flexibility index (Phi) is 5.20. The van der Waals surface area contributed by atoms with Crippen molar-refractivity contribution in [2.24, 2.45) is 0 Å². The van der Waals surface area contributed by atoms with Crippen molar-refractivity contribution >= 4 is 23.2 Å². The number of likely N-dealkylation sites (tertiary alicyclic amines) is 1. The van der Waals surface area contributed by atoms with E-state index in [9.17, 15) is 9.59 Å². The van der Waals surface area contributed by atoms with Crippen LogP contribution in [0.5, 0.6) is 0 Å². The summed E-state index contributed by atoms with van der Waals surface area (Å²) in [7, 11) is 1.60. The Hall–Kier alpha value is -1.47. The number of ether oxygens (including phenoxy) is 1. The summed E-state index contributed by atoms with van der Waals surface area (Å²) in [6.07, 6.45) is 5.20. The van der Waals surface area contributed by atoms with Gasteiger partial charge >= 0.3 is 5.97 Å². The second kappa shape index (κ2) is 7.19. The number of aliphatic carboxylic acids is 1. The monoisotopic (exact) mass is 352 g/mol. The number of thiazole rings is 1. The van der Waals surface area contributed by atoms with Crippen molar-refractivity contribution in [3.8, 4) is 0 Å². The van der Waals surface area contributed by atoms with Crippen molar-refractivity contribution in [2.75, 3.05) is 13.7 Å². The maximum Gasteiger partial charge on any atom is 0.305 e. The molecule has 6 nitrogen and oxygen atoms in total. The predicted molar refractivity (Wildman–Crippen MR) is 90.6 cm³/mol. The summed E-state index contributed by atoms with van der Waals surface area (Å²) >= 11 is 1.49. The van der Waals surface area contributed by atoms with Gasteiger partial charge in [0.1, 0.15) is 4.88 Å². The number of carboxylic acid groups (broad SMARTS) is 1. The van der Waals surface area contributed by atoms with Crippen LogP contribution in [-0.2, 0) is 9.53 Å². The molecule has 1 aliphatic heterocycles. The minimum atomic E-state index is -0.887. The van der Waals surface area contributed by atoms with Gasteiger partial charge in [0.25, 0.3) is 5.91 Å². The summed E-state index contributed by atoms with van der Waals surface area (Å²) in [4.78, 5) is 31.1. The van der Waals surface area contributed by atoms with Crippen molar-refractivity contribution in [3.63, 3.8) is 0 Å². The molecule has 0 spiro atoms. The van der Waals surface area contributed by atoms with Crippen molar-refractivity contribution in [1.29, 1.82) is 0 Å². The van der Waals surface area contributed by atoms with E-state index in [4.69, 9.17) is 9.84 Å². The number of nitrogens with zero attached hydrogens (tertiary/aromatic N) is 2. The Bertz CT molecular complexity index is 624. The smallest absolute Gasteiger partial charge is 0.305 e. The molecule has 1 aliphatic carbocycles. The SMILES string of the molecule is COC1CC(CC(=O)O)N(C(=O)c2sc(C3CCCC3)nc2C)C1. The highest BCUT2D eigenvalue weighted by molar-refractivity contribution is 7.13. The number of carbonyl (C=O) groups excluding carboxylic acids is 1. The average Bonchev–Trinajstić information content (AvgIpc) is 3.24. The standard InChI is InChI=1S/C17H24N2O4S/c1-10-15(24-16(18-10)11-5-3-4-6-11)17(22)19-9-13(23-2)7-12(19)8-14(20)21/h11-13H,3-9H2,1-2H3,(H,20,21). The number of hydrogen-bond acceptors (Lipinski definition) is 5. The third-order valence-corrected chi connectivity index (χ3v) is 6.40. The number of amides is 1. The molecular formula is C17H24N2O4S. The maximum absolute atomic E-state index is 13.0. The summed E-state index contributed by atoms with van der Waals surface area (Å²) in [5.41, 5.74) is 0.766. The lowest BCUT2D eigenvalue weighted by molar-refractivity contribution is -0.137. The lowest BCUT2D eigenvalue weighted by atomic mass is 10.1. The molecule has 0 bridgehead atoms. The molecule has 1 saturated heterocycles. The van der Waals surface area contributed by atoms with Gasteiger partial charge in [0.15, 0.2) is 0 Å². The summed E-state index contributed by atoms with van der Waals surface area (Å²) in [5.74, 6) is -0.502. The van der Waals surface area contributed by atoms with Crippen molar-refractivity contribution in [3.05, 3.63) is 15.6 Å². The van der Waals surface area contributed by atoms with Crippen LogP contribution in [0.3, 0.4) is 0 Å². The van der Waals surface area contributed by atoms with Gasteiger partial charge in [0.2, 0.25) is 0 Å². The van der Waals surface area contributed by atoms with E-state index in [-0.39, 0.29) is 24.5 Å². The third kappa shape index (κ3) is 3.47. The summed E-state index contributed by atoms with van der Waals surface area (Å²) in [6.45, 7) is 2.32. The molecule has 0 radical (unpaired) electrons. The molecule has 24 heavy (non-hydrogen) atoms. The normalized spacial score (nSPS) is 24.7. The van der Waals surface area contributed by atoms with Gasteiger partial charge in [0, 0.05) is 25.6 Å². The van der Waals surface area contributed by atoms with Crippen LogP contribution >= 0.6 is 11.3 Å². The highest BCUT2D eigenvalue weighted by Gasteiger charge is 2.38. The largest absolute Gasteiger partial charge is 0.481 e. The van der Waals surface area contributed by atoms with Crippen LogP contribution in [0.4, 0.5) is 0 Å². The first-order valence-corrected chi connectivity index (χ1v) is 9.34. The minimum Gasteiger partial charge on any atom is -0.481 e. The van der Waals surface area contributed by atoms with Crippen LogP contribution < -0.4 is 0 Å². The summed E-state index contributed by atoms with van der Waals surface area (Å²) in [5, 5.41) is 10.2. The molecule has 7 heteroatoms. The third-order valence-electron chi connectivity index (χ3n) is 5.09. The predicted octanol–water partition coefficient (Wildman–Crippen LogP) is 2.81. The van der Waals surface area contributed by atoms with Gasteiger partial charge in [-0.15, -0.1) is 11.3 Å². The Morgan fingerprint density at radius 3 is 2.71 bits per heavy atom. The number of carbonyl (C=O) groups is 2. The first-order chi connectivity index (χ1) is 11.5. The Labute approximate surface area is 145 Å². The van der Waals surface area contributed by atoms with Crippen molar-refractivity contribution in [1.82, 2.24) is 9.88 Å². The van der Waals surface area contributed by atoms with Crippen molar-refractivity contribution < 1.29 is 19.4 Å². The van der Waals surface area contributed by atoms with Gasteiger partial charge < -0.3 is 14.7 Å². The molecule has 132 valence electrons. The Balaban J connectivity index is 1.80. The van der Waals surface area contributed by atoms with Crippen LogP contribution in [-0.4, -0.2) is 52.7 Å². The highest BCUT2D eigenvalue weighted by atomic mass is 32.1. The number of rotatable bonds is 5. The molecule has 2 aliphatic rings.